The molecule has 0 saturated heterocycles. The molecule has 0 aliphatic heterocycles. The molecule has 0 amide bonds. The SMILES string of the molecule is C[C-]=C(C)C=[C-]C1(Br)CC1.[W+2]. The monoisotopic (exact) mass is 382 g/mol. The molecule has 1 aliphatic carbocycles. The summed E-state index contributed by atoms with van der Waals surface area (Å²) in [6, 6.07) is 0. The number of allylic oxidation sites excluding steroid dienone is 4. The van der Waals surface area contributed by atoms with E-state index in [0.29, 0.717) is 0 Å². The van der Waals surface area contributed by atoms with E-state index in [0.717, 1.165) is 5.57 Å². The largest absolute Gasteiger partial charge is 2.00 e. The van der Waals surface area contributed by atoms with Crippen LogP contribution in [-0.4, -0.2) is 4.32 Å². The fraction of sp³-hybridized carbons (Fsp3) is 0.556. The maximum atomic E-state index is 3.56. The first-order valence-corrected chi connectivity index (χ1v) is 4.27. The van der Waals surface area contributed by atoms with E-state index in [1.807, 2.05) is 19.9 Å². The molecule has 0 spiro atoms. The van der Waals surface area contributed by atoms with Crippen LogP contribution in [0, 0.1) is 12.2 Å². The first kappa shape index (κ1) is 11.6. The van der Waals surface area contributed by atoms with Crippen LogP contribution in [0.3, 0.4) is 0 Å². The molecule has 1 rings (SSSR count). The van der Waals surface area contributed by atoms with Gasteiger partial charge in [-0.25, -0.2) is 0 Å². The van der Waals surface area contributed by atoms with Gasteiger partial charge in [0.2, 0.25) is 0 Å². The van der Waals surface area contributed by atoms with Gasteiger partial charge in [0, 0.05) is 0 Å². The maximum absolute atomic E-state index is 3.56. The molecule has 1 fully saturated rings. The van der Waals surface area contributed by atoms with Gasteiger partial charge in [-0.15, -0.1) is 29.8 Å². The van der Waals surface area contributed by atoms with Crippen molar-refractivity contribution in [1.29, 1.82) is 0 Å². The predicted octanol–water partition coefficient (Wildman–Crippen LogP) is 3.04. The predicted molar refractivity (Wildman–Crippen MR) is 46.8 cm³/mol. The Morgan fingerprint density at radius 2 is 2.09 bits per heavy atom. The van der Waals surface area contributed by atoms with Gasteiger partial charge in [0.1, 0.15) is 0 Å². The van der Waals surface area contributed by atoms with Gasteiger partial charge < -0.3 is 23.8 Å². The topological polar surface area (TPSA) is 0 Å². The van der Waals surface area contributed by atoms with Gasteiger partial charge in [0.05, 0.1) is 0 Å². The summed E-state index contributed by atoms with van der Waals surface area (Å²) < 4.78 is 0.227. The Morgan fingerprint density at radius 3 is 2.45 bits per heavy atom. The summed E-state index contributed by atoms with van der Waals surface area (Å²) in [5, 5.41) is 0. The van der Waals surface area contributed by atoms with Crippen LogP contribution in [0.4, 0.5) is 0 Å². The summed E-state index contributed by atoms with van der Waals surface area (Å²) in [6.45, 7) is 3.95. The maximum Gasteiger partial charge on any atom is 2.00 e. The van der Waals surface area contributed by atoms with Crippen molar-refractivity contribution in [1.82, 2.24) is 0 Å². The van der Waals surface area contributed by atoms with Gasteiger partial charge in [-0.1, -0.05) is 12.8 Å². The summed E-state index contributed by atoms with van der Waals surface area (Å²) >= 11 is 3.56. The molecular weight excluding hydrogens is 372 g/mol. The van der Waals surface area contributed by atoms with E-state index in [1.165, 1.54) is 12.8 Å². The number of hydrogen-bond acceptors (Lipinski definition) is 0. The van der Waals surface area contributed by atoms with Crippen molar-refractivity contribution >= 4 is 15.9 Å². The Labute approximate surface area is 91.5 Å². The number of halogens is 1. The molecule has 0 nitrogen and oxygen atoms in total. The molecule has 0 aromatic carbocycles. The fourth-order valence-electron chi connectivity index (χ4n) is 0.564. The first-order chi connectivity index (χ1) is 4.66. The van der Waals surface area contributed by atoms with E-state index in [-0.39, 0.29) is 25.4 Å². The van der Waals surface area contributed by atoms with Crippen LogP contribution in [0.25, 0.3) is 0 Å². The Balaban J connectivity index is 0.000001000. The molecule has 11 heavy (non-hydrogen) atoms. The minimum Gasteiger partial charge on any atom is -0.387 e. The van der Waals surface area contributed by atoms with Crippen LogP contribution in [-0.2, 0) is 21.1 Å². The van der Waals surface area contributed by atoms with Gasteiger partial charge in [-0.3, -0.25) is 0 Å². The zero-order valence-electron chi connectivity index (χ0n) is 6.78. The van der Waals surface area contributed by atoms with Crippen molar-refractivity contribution in [2.75, 3.05) is 0 Å². The first-order valence-electron chi connectivity index (χ1n) is 3.47. The van der Waals surface area contributed by atoms with Crippen molar-refractivity contribution in [3.05, 3.63) is 23.8 Å². The van der Waals surface area contributed by atoms with Crippen LogP contribution in [0.15, 0.2) is 11.6 Å². The molecule has 1 aliphatic rings. The number of hydrogen-bond donors (Lipinski definition) is 0. The van der Waals surface area contributed by atoms with Gasteiger partial charge in [0.15, 0.2) is 0 Å². The van der Waals surface area contributed by atoms with Gasteiger partial charge >= 0.3 is 21.1 Å². The molecule has 60 valence electrons. The smallest absolute Gasteiger partial charge is 0.387 e. The second-order valence-corrected chi connectivity index (χ2v) is 4.20. The molecule has 0 atom stereocenters. The summed E-state index contributed by atoms with van der Waals surface area (Å²) in [7, 11) is 0. The molecule has 0 aromatic heterocycles. The van der Waals surface area contributed by atoms with E-state index in [9.17, 15) is 0 Å². The Morgan fingerprint density at radius 1 is 1.55 bits per heavy atom. The molecular formula is C9H11BrW. The van der Waals surface area contributed by atoms with Crippen LogP contribution >= 0.6 is 15.9 Å². The van der Waals surface area contributed by atoms with Gasteiger partial charge in [0.25, 0.3) is 0 Å². The molecule has 0 aromatic rings. The summed E-state index contributed by atoms with van der Waals surface area (Å²) in [6.07, 6.45) is 10.8. The van der Waals surface area contributed by atoms with Crippen molar-refractivity contribution < 1.29 is 21.1 Å². The third kappa shape index (κ3) is 4.28. The third-order valence-electron chi connectivity index (χ3n) is 1.63. The van der Waals surface area contributed by atoms with E-state index >= 15 is 0 Å². The number of rotatable bonds is 2. The standard InChI is InChI=1S/C9H11Br.W/c1-3-8(2)4-5-9(10)6-7-9;/h4H,6-7H2,1-2H3;/q-2;+2. The van der Waals surface area contributed by atoms with Crippen LogP contribution in [0.2, 0.25) is 0 Å². The Bertz CT molecular complexity index is 178. The summed E-state index contributed by atoms with van der Waals surface area (Å²) in [5.74, 6) is 0. The molecule has 0 radical (unpaired) electrons. The molecule has 0 bridgehead atoms. The van der Waals surface area contributed by atoms with E-state index in [4.69, 9.17) is 0 Å². The minimum absolute atomic E-state index is 0. The average Bonchev–Trinajstić information content (AvgIpc) is 2.64. The molecule has 0 N–H and O–H groups in total. The Hall–Kier alpha value is 0.648. The average molecular weight is 383 g/mol. The summed E-state index contributed by atoms with van der Waals surface area (Å²) in [4.78, 5) is 0. The van der Waals surface area contributed by atoms with E-state index in [2.05, 4.69) is 28.1 Å². The third-order valence-corrected chi connectivity index (χ3v) is 2.65. The zero-order valence-corrected chi connectivity index (χ0v) is 11.3. The minimum atomic E-state index is 0. The van der Waals surface area contributed by atoms with E-state index in [1.54, 1.807) is 0 Å². The van der Waals surface area contributed by atoms with Crippen LogP contribution in [0.1, 0.15) is 26.7 Å². The summed E-state index contributed by atoms with van der Waals surface area (Å²) in [5.41, 5.74) is 1.16. The van der Waals surface area contributed by atoms with Gasteiger partial charge in [-0.05, 0) is 4.32 Å². The molecule has 0 unspecified atom stereocenters. The fourth-order valence-corrected chi connectivity index (χ4v) is 0.877. The normalized spacial score (nSPS) is 21.5. The zero-order chi connectivity index (χ0) is 7.61. The quantitative estimate of drug-likeness (QED) is 0.391. The van der Waals surface area contributed by atoms with Crippen molar-refractivity contribution in [2.45, 2.75) is 31.0 Å². The number of alkyl halides is 1. The molecule has 1 saturated carbocycles. The molecule has 0 heterocycles. The Kier molecular flexibility index (Phi) is 4.89. The van der Waals surface area contributed by atoms with E-state index < -0.39 is 0 Å². The van der Waals surface area contributed by atoms with Crippen molar-refractivity contribution in [2.24, 2.45) is 0 Å². The van der Waals surface area contributed by atoms with Crippen LogP contribution in [0.5, 0.6) is 0 Å². The van der Waals surface area contributed by atoms with Crippen molar-refractivity contribution in [3.8, 4) is 0 Å². The molecule has 2 heteroatoms. The second-order valence-electron chi connectivity index (χ2n) is 2.69. The van der Waals surface area contributed by atoms with Crippen molar-refractivity contribution in [3.63, 3.8) is 0 Å². The van der Waals surface area contributed by atoms with Gasteiger partial charge in [-0.2, -0.15) is 0 Å². The van der Waals surface area contributed by atoms with Crippen LogP contribution < -0.4 is 0 Å². The second kappa shape index (κ2) is 4.62.